The van der Waals surface area contributed by atoms with E-state index in [1.807, 2.05) is 13.8 Å². The van der Waals surface area contributed by atoms with Gasteiger partial charge in [-0.2, -0.15) is 0 Å². The highest BCUT2D eigenvalue weighted by Crippen LogP contribution is 1.84. The van der Waals surface area contributed by atoms with Gasteiger partial charge in [0.2, 0.25) is 0 Å². The van der Waals surface area contributed by atoms with E-state index in [9.17, 15) is 0 Å². The van der Waals surface area contributed by atoms with Gasteiger partial charge in [-0.3, -0.25) is 0 Å². The second-order valence-electron chi connectivity index (χ2n) is 1.01. The number of nitrogens with two attached hydrogens (primary N) is 1. The molecule has 40 valence electrons. The molecule has 0 heterocycles. The molecule has 6 heavy (non-hydrogen) atoms. The second kappa shape index (κ2) is 8.96. The lowest BCUT2D eigenvalue weighted by Gasteiger charge is -1.76. The van der Waals surface area contributed by atoms with Gasteiger partial charge in [0.05, 0.1) is 0 Å². The molecule has 0 aromatic heterocycles. The Kier molecular flexibility index (Phi) is 14.2. The maximum absolute atomic E-state index is 6.50. The van der Waals surface area contributed by atoms with Gasteiger partial charge in [0.25, 0.3) is 0 Å². The molecule has 0 aliphatic heterocycles. The average molecular weight is 112 g/mol. The average Bonchev–Trinajstić information content (AvgIpc) is 1.41. The molecule has 0 bridgehead atoms. The van der Waals surface area contributed by atoms with Crippen molar-refractivity contribution in [1.82, 2.24) is 0 Å². The Balaban J connectivity index is 0. The Morgan fingerprint density at radius 3 is 1.50 bits per heavy atom. The fourth-order valence-corrected chi connectivity index (χ4v) is 0. The quantitative estimate of drug-likeness (QED) is 0.362. The summed E-state index contributed by atoms with van der Waals surface area (Å²) >= 11 is 5.27. The highest BCUT2D eigenvalue weighted by molar-refractivity contribution is 6.20. The monoisotopic (exact) mass is 111 g/mol. The van der Waals surface area contributed by atoms with Crippen LogP contribution in [-0.2, 0) is 0 Å². The topological polar surface area (TPSA) is 46.2 Å². The molecule has 0 rings (SSSR count). The first kappa shape index (κ1) is 9.51. The summed E-state index contributed by atoms with van der Waals surface area (Å²) in [6, 6.07) is 0. The van der Waals surface area contributed by atoms with Crippen LogP contribution in [-0.4, -0.2) is 10.6 Å². The van der Waals surface area contributed by atoms with Crippen molar-refractivity contribution in [1.29, 1.82) is 0 Å². The van der Waals surface area contributed by atoms with E-state index in [1.165, 1.54) is 0 Å². The van der Waals surface area contributed by atoms with Crippen LogP contribution in [0.4, 0.5) is 0 Å². The molecule has 0 spiro atoms. The van der Waals surface area contributed by atoms with Gasteiger partial charge in [-0.25, -0.2) is 5.90 Å². The fraction of sp³-hybridized carbons (Fsp3) is 1.00. The summed E-state index contributed by atoms with van der Waals surface area (Å²) in [7, 11) is 0. The normalized spacial score (nSPS) is 7.00. The minimum Gasteiger partial charge on any atom is -0.320 e. The molecule has 0 atom stereocenters. The van der Waals surface area contributed by atoms with E-state index in [2.05, 4.69) is 5.90 Å². The number of alkyl halides is 1. The van der Waals surface area contributed by atoms with Gasteiger partial charge in [-0.15, -0.1) is 11.6 Å². The minimum absolute atomic E-state index is 0.306. The molecule has 0 saturated heterocycles. The third-order valence-corrected chi connectivity index (χ3v) is 0. The largest absolute Gasteiger partial charge is 0.320 e. The maximum Gasteiger partial charge on any atom is 0.0279 e. The van der Waals surface area contributed by atoms with Crippen LogP contribution in [0.2, 0.25) is 0 Å². The summed E-state index contributed by atoms with van der Waals surface area (Å²) in [6.45, 7) is 3.86. The summed E-state index contributed by atoms with van der Waals surface area (Å²) in [5.74, 6) is 3.50. The Morgan fingerprint density at radius 2 is 1.50 bits per heavy atom. The van der Waals surface area contributed by atoms with Crippen molar-refractivity contribution in [3.05, 3.63) is 0 Å². The first-order valence-corrected chi connectivity index (χ1v) is 2.07. The first-order chi connectivity index (χ1) is 2.73. The van der Waals surface area contributed by atoms with E-state index in [-0.39, 0.29) is 0 Å². The standard InChI is InChI=1S/C3H7Cl.H3NO/c1-3(2)4;1-2/h3H,1-2H3;2H,1H2. The molecule has 0 aliphatic rings. The first-order valence-electron chi connectivity index (χ1n) is 1.63. The predicted molar refractivity (Wildman–Crippen MR) is 27.0 cm³/mol. The summed E-state index contributed by atoms with van der Waals surface area (Å²) in [4.78, 5) is 0. The third kappa shape index (κ3) is 984. The molecule has 0 unspecified atom stereocenters. The lowest BCUT2D eigenvalue weighted by atomic mass is 10.6. The molecule has 0 aromatic rings. The van der Waals surface area contributed by atoms with Gasteiger partial charge in [-0.1, -0.05) is 0 Å². The molecule has 3 N–H and O–H groups in total. The Hall–Kier alpha value is 0.210. The van der Waals surface area contributed by atoms with Gasteiger partial charge in [0, 0.05) is 5.38 Å². The van der Waals surface area contributed by atoms with Crippen molar-refractivity contribution in [2.24, 2.45) is 5.90 Å². The molecular formula is C3H10ClNO. The van der Waals surface area contributed by atoms with Crippen LogP contribution in [0.3, 0.4) is 0 Å². The van der Waals surface area contributed by atoms with E-state index in [1.54, 1.807) is 0 Å². The van der Waals surface area contributed by atoms with E-state index < -0.39 is 0 Å². The van der Waals surface area contributed by atoms with Crippen LogP contribution in [0.5, 0.6) is 0 Å². The summed E-state index contributed by atoms with van der Waals surface area (Å²) in [6.07, 6.45) is 0. The number of hydrogen-bond donors (Lipinski definition) is 2. The number of hydrogen-bond acceptors (Lipinski definition) is 2. The summed E-state index contributed by atoms with van der Waals surface area (Å²) in [5, 5.41) is 6.81. The van der Waals surface area contributed by atoms with Gasteiger partial charge in [0.1, 0.15) is 0 Å². The lowest BCUT2D eigenvalue weighted by Crippen LogP contribution is -1.72. The molecule has 0 aliphatic carbocycles. The third-order valence-electron chi connectivity index (χ3n) is 0. The van der Waals surface area contributed by atoms with Crippen molar-refractivity contribution in [3.63, 3.8) is 0 Å². The fourth-order valence-electron chi connectivity index (χ4n) is 0. The van der Waals surface area contributed by atoms with Crippen LogP contribution in [0.1, 0.15) is 13.8 Å². The van der Waals surface area contributed by atoms with Crippen LogP contribution in [0.15, 0.2) is 0 Å². The van der Waals surface area contributed by atoms with E-state index in [0.717, 1.165) is 0 Å². The zero-order valence-electron chi connectivity index (χ0n) is 3.98. The molecule has 0 fully saturated rings. The lowest BCUT2D eigenvalue weighted by molar-refractivity contribution is 0.311. The van der Waals surface area contributed by atoms with E-state index in [0.29, 0.717) is 5.38 Å². The SMILES string of the molecule is CC(C)Cl.NO. The van der Waals surface area contributed by atoms with Gasteiger partial charge >= 0.3 is 0 Å². The van der Waals surface area contributed by atoms with Crippen LogP contribution >= 0.6 is 11.6 Å². The predicted octanol–water partition coefficient (Wildman–Crippen LogP) is 0.968. The number of rotatable bonds is 0. The smallest absolute Gasteiger partial charge is 0.0279 e. The van der Waals surface area contributed by atoms with Gasteiger partial charge < -0.3 is 5.21 Å². The Bertz CT molecular complexity index is 15.5. The zero-order valence-corrected chi connectivity index (χ0v) is 4.74. The zero-order chi connectivity index (χ0) is 5.58. The van der Waals surface area contributed by atoms with Gasteiger partial charge in [0.15, 0.2) is 0 Å². The Morgan fingerprint density at radius 1 is 1.50 bits per heavy atom. The molecule has 2 nitrogen and oxygen atoms in total. The van der Waals surface area contributed by atoms with Crippen molar-refractivity contribution in [2.75, 3.05) is 0 Å². The van der Waals surface area contributed by atoms with Crippen molar-refractivity contribution in [2.45, 2.75) is 19.2 Å². The highest BCUT2D eigenvalue weighted by atomic mass is 35.5. The highest BCUT2D eigenvalue weighted by Gasteiger charge is 1.71. The van der Waals surface area contributed by atoms with Crippen molar-refractivity contribution < 1.29 is 5.21 Å². The molecule has 0 amide bonds. The summed E-state index contributed by atoms with van der Waals surface area (Å²) < 4.78 is 0. The molecule has 0 saturated carbocycles. The van der Waals surface area contributed by atoms with Crippen LogP contribution < -0.4 is 5.90 Å². The number of halogens is 1. The van der Waals surface area contributed by atoms with Crippen LogP contribution in [0, 0.1) is 0 Å². The van der Waals surface area contributed by atoms with Crippen LogP contribution in [0.25, 0.3) is 0 Å². The molecule has 3 heteroatoms. The van der Waals surface area contributed by atoms with Crippen molar-refractivity contribution in [3.8, 4) is 0 Å². The van der Waals surface area contributed by atoms with Crippen molar-refractivity contribution >= 4 is 11.6 Å². The Labute approximate surface area is 42.9 Å². The van der Waals surface area contributed by atoms with E-state index in [4.69, 9.17) is 16.8 Å². The summed E-state index contributed by atoms with van der Waals surface area (Å²) in [5.41, 5.74) is 0. The molecule has 0 aromatic carbocycles. The maximum atomic E-state index is 6.50. The second-order valence-corrected chi connectivity index (χ2v) is 1.89. The van der Waals surface area contributed by atoms with Gasteiger partial charge in [-0.05, 0) is 13.8 Å². The minimum atomic E-state index is 0.306. The van der Waals surface area contributed by atoms with E-state index >= 15 is 0 Å². The molecular weight excluding hydrogens is 101 g/mol. The molecule has 0 radical (unpaired) electrons.